The first-order valence-corrected chi connectivity index (χ1v) is 5.55. The third kappa shape index (κ3) is 1.69. The zero-order valence-electron chi connectivity index (χ0n) is 9.57. The molecule has 0 saturated carbocycles. The Morgan fingerprint density at radius 3 is 2.88 bits per heavy atom. The van der Waals surface area contributed by atoms with Crippen LogP contribution in [0.5, 0.6) is 0 Å². The van der Waals surface area contributed by atoms with E-state index in [1.165, 1.54) is 6.07 Å². The highest BCUT2D eigenvalue weighted by Crippen LogP contribution is 2.22. The van der Waals surface area contributed by atoms with Crippen LogP contribution in [0, 0.1) is 5.82 Å². The number of imidazole rings is 1. The van der Waals surface area contributed by atoms with Crippen molar-refractivity contribution in [2.24, 2.45) is 5.73 Å². The van der Waals surface area contributed by atoms with E-state index in [4.69, 9.17) is 5.73 Å². The van der Waals surface area contributed by atoms with Gasteiger partial charge in [-0.15, -0.1) is 0 Å². The van der Waals surface area contributed by atoms with Gasteiger partial charge in [0.15, 0.2) is 5.82 Å². The maximum atomic E-state index is 13.6. The molecule has 3 nitrogen and oxygen atoms in total. The van der Waals surface area contributed by atoms with Crippen molar-refractivity contribution in [3.8, 4) is 0 Å². The quantitative estimate of drug-likeness (QED) is 0.865. The number of rotatable bonds is 3. The Morgan fingerprint density at radius 2 is 2.25 bits per heavy atom. The van der Waals surface area contributed by atoms with Crippen LogP contribution in [-0.4, -0.2) is 9.55 Å². The van der Waals surface area contributed by atoms with Crippen molar-refractivity contribution in [1.82, 2.24) is 9.55 Å². The molecule has 16 heavy (non-hydrogen) atoms. The smallest absolute Gasteiger partial charge is 0.151 e. The number of halogens is 1. The molecule has 2 N–H and O–H groups in total. The van der Waals surface area contributed by atoms with Crippen molar-refractivity contribution in [1.29, 1.82) is 0 Å². The van der Waals surface area contributed by atoms with Crippen molar-refractivity contribution in [2.75, 3.05) is 0 Å². The summed E-state index contributed by atoms with van der Waals surface area (Å²) < 4.78 is 15.6. The number of hydrogen-bond acceptors (Lipinski definition) is 2. The van der Waals surface area contributed by atoms with Gasteiger partial charge in [0.2, 0.25) is 0 Å². The first-order valence-electron chi connectivity index (χ1n) is 5.55. The topological polar surface area (TPSA) is 43.8 Å². The fourth-order valence-corrected chi connectivity index (χ4v) is 1.94. The first kappa shape index (κ1) is 11.1. The third-order valence-corrected chi connectivity index (χ3v) is 2.61. The number of aryl methyl sites for hydroxylation is 1. The molecule has 0 fully saturated rings. The lowest BCUT2D eigenvalue weighted by molar-refractivity contribution is 0.612. The van der Waals surface area contributed by atoms with Gasteiger partial charge in [0.25, 0.3) is 0 Å². The summed E-state index contributed by atoms with van der Waals surface area (Å²) in [6.07, 6.45) is 0.974. The van der Waals surface area contributed by atoms with Gasteiger partial charge in [-0.2, -0.15) is 0 Å². The van der Waals surface area contributed by atoms with Crippen LogP contribution in [-0.2, 0) is 6.54 Å². The zero-order chi connectivity index (χ0) is 11.7. The zero-order valence-corrected chi connectivity index (χ0v) is 9.57. The highest BCUT2D eigenvalue weighted by molar-refractivity contribution is 5.76. The molecule has 0 aliphatic heterocycles. The van der Waals surface area contributed by atoms with Crippen molar-refractivity contribution >= 4 is 11.0 Å². The second-order valence-corrected chi connectivity index (χ2v) is 4.02. The van der Waals surface area contributed by atoms with E-state index in [2.05, 4.69) is 11.9 Å². The van der Waals surface area contributed by atoms with Gasteiger partial charge in [-0.25, -0.2) is 9.37 Å². The molecule has 1 atom stereocenters. The summed E-state index contributed by atoms with van der Waals surface area (Å²) in [7, 11) is 0. The van der Waals surface area contributed by atoms with Gasteiger partial charge in [-0.1, -0.05) is 13.0 Å². The average Bonchev–Trinajstić information content (AvgIpc) is 2.60. The third-order valence-electron chi connectivity index (χ3n) is 2.61. The standard InChI is InChI=1S/C12H16FN3/c1-3-7-16-10-6-4-5-9(13)11(10)15-12(16)8(2)14/h4-6,8H,3,7,14H2,1-2H3. The first-order chi connectivity index (χ1) is 7.65. The number of nitrogens with zero attached hydrogens (tertiary/aromatic N) is 2. The van der Waals surface area contributed by atoms with Gasteiger partial charge in [0.1, 0.15) is 11.3 Å². The van der Waals surface area contributed by atoms with Crippen LogP contribution in [0.3, 0.4) is 0 Å². The van der Waals surface area contributed by atoms with Crippen LogP contribution in [0.2, 0.25) is 0 Å². The summed E-state index contributed by atoms with van der Waals surface area (Å²) in [6.45, 7) is 4.76. The Morgan fingerprint density at radius 1 is 1.50 bits per heavy atom. The normalized spacial score (nSPS) is 13.2. The van der Waals surface area contributed by atoms with Gasteiger partial charge in [-0.05, 0) is 25.5 Å². The molecule has 86 valence electrons. The Hall–Kier alpha value is -1.42. The number of fused-ring (bicyclic) bond motifs is 1. The van der Waals surface area contributed by atoms with Crippen LogP contribution < -0.4 is 5.73 Å². The Balaban J connectivity index is 2.70. The predicted octanol–water partition coefficient (Wildman–Crippen LogP) is 2.61. The van der Waals surface area contributed by atoms with E-state index in [1.54, 1.807) is 6.07 Å². The number of hydrogen-bond donors (Lipinski definition) is 1. The molecule has 1 unspecified atom stereocenters. The van der Waals surface area contributed by atoms with E-state index in [9.17, 15) is 4.39 Å². The fraction of sp³-hybridized carbons (Fsp3) is 0.417. The lowest BCUT2D eigenvalue weighted by Crippen LogP contribution is -2.13. The van der Waals surface area contributed by atoms with Crippen LogP contribution in [0.15, 0.2) is 18.2 Å². The maximum absolute atomic E-state index is 13.6. The molecular weight excluding hydrogens is 205 g/mol. The molecule has 2 rings (SSSR count). The highest BCUT2D eigenvalue weighted by atomic mass is 19.1. The monoisotopic (exact) mass is 221 g/mol. The summed E-state index contributed by atoms with van der Waals surface area (Å²) in [5.41, 5.74) is 7.10. The molecule has 1 heterocycles. The molecule has 4 heteroatoms. The minimum Gasteiger partial charge on any atom is -0.327 e. The van der Waals surface area contributed by atoms with E-state index >= 15 is 0 Å². The second-order valence-electron chi connectivity index (χ2n) is 4.02. The number of nitrogens with two attached hydrogens (primary N) is 1. The van der Waals surface area contributed by atoms with Gasteiger partial charge in [0.05, 0.1) is 11.6 Å². The van der Waals surface area contributed by atoms with E-state index in [0.717, 1.165) is 24.3 Å². The largest absolute Gasteiger partial charge is 0.327 e. The molecule has 0 bridgehead atoms. The lowest BCUT2D eigenvalue weighted by Gasteiger charge is -2.09. The number of para-hydroxylation sites is 1. The number of benzene rings is 1. The van der Waals surface area contributed by atoms with Crippen molar-refractivity contribution in [3.63, 3.8) is 0 Å². The summed E-state index contributed by atoms with van der Waals surface area (Å²) in [5, 5.41) is 0. The van der Waals surface area contributed by atoms with Crippen molar-refractivity contribution < 1.29 is 4.39 Å². The molecule has 0 amide bonds. The van der Waals surface area contributed by atoms with E-state index in [1.807, 2.05) is 17.6 Å². The van der Waals surface area contributed by atoms with Crippen LogP contribution in [0.1, 0.15) is 32.1 Å². The van der Waals surface area contributed by atoms with Gasteiger partial charge in [0, 0.05) is 6.54 Å². The van der Waals surface area contributed by atoms with Crippen LogP contribution in [0.4, 0.5) is 4.39 Å². The molecule has 2 aromatic rings. The van der Waals surface area contributed by atoms with Crippen molar-refractivity contribution in [2.45, 2.75) is 32.9 Å². The lowest BCUT2D eigenvalue weighted by atomic mass is 10.3. The summed E-state index contributed by atoms with van der Waals surface area (Å²) in [4.78, 5) is 4.29. The molecule has 0 aliphatic carbocycles. The fourth-order valence-electron chi connectivity index (χ4n) is 1.94. The van der Waals surface area contributed by atoms with E-state index in [0.29, 0.717) is 5.52 Å². The molecule has 1 aromatic carbocycles. The molecule has 0 radical (unpaired) electrons. The average molecular weight is 221 g/mol. The SMILES string of the molecule is CCCn1c(C(C)N)nc2c(F)cccc21. The van der Waals surface area contributed by atoms with Crippen LogP contribution in [0.25, 0.3) is 11.0 Å². The van der Waals surface area contributed by atoms with Gasteiger partial charge >= 0.3 is 0 Å². The molecular formula is C12H16FN3. The van der Waals surface area contributed by atoms with Crippen molar-refractivity contribution in [3.05, 3.63) is 29.8 Å². The molecule has 0 spiro atoms. The number of aromatic nitrogens is 2. The van der Waals surface area contributed by atoms with Crippen LogP contribution >= 0.6 is 0 Å². The molecule has 0 saturated heterocycles. The van der Waals surface area contributed by atoms with E-state index < -0.39 is 0 Å². The minimum absolute atomic E-state index is 0.182. The minimum atomic E-state index is -0.283. The van der Waals surface area contributed by atoms with Gasteiger partial charge in [-0.3, -0.25) is 0 Å². The predicted molar refractivity (Wildman–Crippen MR) is 62.6 cm³/mol. The molecule has 0 aliphatic rings. The Bertz CT molecular complexity index is 502. The second kappa shape index (κ2) is 4.22. The maximum Gasteiger partial charge on any atom is 0.151 e. The highest BCUT2D eigenvalue weighted by Gasteiger charge is 2.15. The molecule has 1 aromatic heterocycles. The van der Waals surface area contributed by atoms with E-state index in [-0.39, 0.29) is 11.9 Å². The summed E-state index contributed by atoms with van der Waals surface area (Å²) >= 11 is 0. The van der Waals surface area contributed by atoms with Gasteiger partial charge < -0.3 is 10.3 Å². The summed E-state index contributed by atoms with van der Waals surface area (Å²) in [6, 6.07) is 4.83. The summed E-state index contributed by atoms with van der Waals surface area (Å²) in [5.74, 6) is 0.469. The Kier molecular flexibility index (Phi) is 2.92. The Labute approximate surface area is 94.1 Å².